The van der Waals surface area contributed by atoms with Crippen LogP contribution in [0.3, 0.4) is 0 Å². The normalized spacial score (nSPS) is 14.9. The van der Waals surface area contributed by atoms with Gasteiger partial charge in [-0.3, -0.25) is 14.4 Å². The number of anilines is 1. The Morgan fingerprint density at radius 1 is 1.21 bits per heavy atom. The first-order chi connectivity index (χ1) is 13.6. The van der Waals surface area contributed by atoms with Crippen molar-refractivity contribution in [1.82, 2.24) is 4.57 Å². The van der Waals surface area contributed by atoms with Crippen LogP contribution in [0, 0.1) is 0 Å². The molecule has 0 saturated carbocycles. The lowest BCUT2D eigenvalue weighted by Crippen LogP contribution is -2.39. The van der Waals surface area contributed by atoms with Crippen LogP contribution >= 0.6 is 0 Å². The number of pyridine rings is 1. The molecule has 0 N–H and O–H groups in total. The van der Waals surface area contributed by atoms with Crippen LogP contribution in [0.1, 0.15) is 42.2 Å². The number of alkyl halides is 3. The Morgan fingerprint density at radius 3 is 2.59 bits per heavy atom. The summed E-state index contributed by atoms with van der Waals surface area (Å²) >= 11 is 0. The van der Waals surface area contributed by atoms with Gasteiger partial charge in [0.15, 0.2) is 12.4 Å². The SMILES string of the molecule is CCCN1C(=O)COc2ccc(C(=O)C(C)n3cc(C(F)(F)F)ccc3=O)cc21. The number of nitrogens with zero attached hydrogens (tertiary/aromatic N) is 2. The van der Waals surface area contributed by atoms with E-state index < -0.39 is 29.1 Å². The fourth-order valence-electron chi connectivity index (χ4n) is 3.17. The molecular formula is C20H19F3N2O4. The van der Waals surface area contributed by atoms with Gasteiger partial charge in [-0.15, -0.1) is 0 Å². The minimum absolute atomic E-state index is 0.101. The molecule has 1 atom stereocenters. The van der Waals surface area contributed by atoms with Crippen molar-refractivity contribution >= 4 is 17.4 Å². The second kappa shape index (κ2) is 7.73. The molecule has 154 valence electrons. The highest BCUT2D eigenvalue weighted by Crippen LogP contribution is 2.34. The van der Waals surface area contributed by atoms with Crippen molar-refractivity contribution in [1.29, 1.82) is 0 Å². The van der Waals surface area contributed by atoms with E-state index in [2.05, 4.69) is 0 Å². The molecule has 1 aliphatic rings. The molecule has 0 fully saturated rings. The van der Waals surface area contributed by atoms with Gasteiger partial charge in [0.05, 0.1) is 17.3 Å². The number of halogens is 3. The number of amides is 1. The van der Waals surface area contributed by atoms with Crippen molar-refractivity contribution in [3.8, 4) is 5.75 Å². The first-order valence-electron chi connectivity index (χ1n) is 9.04. The maximum atomic E-state index is 13.0. The standard InChI is InChI=1S/C20H19F3N2O4/c1-3-8-24-15-9-13(4-6-16(15)29-11-18(24)27)19(28)12(2)25-10-14(20(21,22)23)5-7-17(25)26/h4-7,9-10,12H,3,8,11H2,1-2H3. The number of ether oxygens (including phenoxy) is 1. The predicted molar refractivity (Wildman–Crippen MR) is 99.3 cm³/mol. The molecule has 0 bridgehead atoms. The summed E-state index contributed by atoms with van der Waals surface area (Å²) in [6, 6.07) is 4.78. The Kier molecular flexibility index (Phi) is 5.50. The van der Waals surface area contributed by atoms with Crippen LogP contribution in [0.2, 0.25) is 0 Å². The molecule has 0 aliphatic carbocycles. The highest BCUT2D eigenvalue weighted by Gasteiger charge is 2.32. The smallest absolute Gasteiger partial charge is 0.417 e. The Morgan fingerprint density at radius 2 is 1.93 bits per heavy atom. The molecule has 6 nitrogen and oxygen atoms in total. The number of rotatable bonds is 5. The molecule has 1 amide bonds. The van der Waals surface area contributed by atoms with E-state index in [0.29, 0.717) is 36.7 Å². The van der Waals surface area contributed by atoms with Crippen molar-refractivity contribution in [2.45, 2.75) is 32.5 Å². The monoisotopic (exact) mass is 408 g/mol. The lowest BCUT2D eigenvalue weighted by Gasteiger charge is -2.29. The predicted octanol–water partition coefficient (Wildman–Crippen LogP) is 3.45. The fraction of sp³-hybridized carbons (Fsp3) is 0.350. The number of aromatic nitrogens is 1. The first-order valence-corrected chi connectivity index (χ1v) is 9.04. The van der Waals surface area contributed by atoms with Crippen molar-refractivity contribution in [2.24, 2.45) is 0 Å². The molecule has 3 rings (SSSR count). The third-order valence-corrected chi connectivity index (χ3v) is 4.70. The Balaban J connectivity index is 1.97. The van der Waals surface area contributed by atoms with E-state index in [4.69, 9.17) is 4.74 Å². The van der Waals surface area contributed by atoms with Gasteiger partial charge in [-0.1, -0.05) is 6.92 Å². The van der Waals surface area contributed by atoms with Gasteiger partial charge < -0.3 is 14.2 Å². The quantitative estimate of drug-likeness (QED) is 0.711. The van der Waals surface area contributed by atoms with Crippen molar-refractivity contribution < 1.29 is 27.5 Å². The number of carbonyl (C=O) groups is 2. The Labute approximate surface area is 164 Å². The molecular weight excluding hydrogens is 389 g/mol. The van der Waals surface area contributed by atoms with Gasteiger partial charge in [0, 0.05) is 24.4 Å². The van der Waals surface area contributed by atoms with Crippen molar-refractivity contribution in [3.05, 3.63) is 58.0 Å². The van der Waals surface area contributed by atoms with E-state index in [1.54, 1.807) is 6.07 Å². The lowest BCUT2D eigenvalue weighted by molar-refractivity contribution is -0.138. The molecule has 2 heterocycles. The number of hydrogen-bond donors (Lipinski definition) is 0. The maximum absolute atomic E-state index is 13.0. The molecule has 1 unspecified atom stereocenters. The number of carbonyl (C=O) groups excluding carboxylic acids is 2. The summed E-state index contributed by atoms with van der Waals surface area (Å²) in [5.41, 5.74) is -1.14. The van der Waals surface area contributed by atoms with Gasteiger partial charge in [0.1, 0.15) is 5.75 Å². The van der Waals surface area contributed by atoms with Crippen molar-refractivity contribution in [3.63, 3.8) is 0 Å². The molecule has 0 spiro atoms. The van der Waals surface area contributed by atoms with Crippen LogP contribution in [-0.2, 0) is 11.0 Å². The van der Waals surface area contributed by atoms with E-state index >= 15 is 0 Å². The molecule has 0 radical (unpaired) electrons. The first kappa shape index (κ1) is 20.6. The van der Waals surface area contributed by atoms with Gasteiger partial charge >= 0.3 is 6.18 Å². The molecule has 0 saturated heterocycles. The van der Waals surface area contributed by atoms with Gasteiger partial charge in [0.25, 0.3) is 11.5 Å². The fourth-order valence-corrected chi connectivity index (χ4v) is 3.17. The maximum Gasteiger partial charge on any atom is 0.417 e. The molecule has 29 heavy (non-hydrogen) atoms. The molecule has 1 aromatic heterocycles. The zero-order valence-corrected chi connectivity index (χ0v) is 15.8. The molecule has 2 aromatic rings. The number of Topliss-reactive ketones (excluding diaryl/α,β-unsaturated/α-hetero) is 1. The lowest BCUT2D eigenvalue weighted by atomic mass is 10.0. The van der Waals surface area contributed by atoms with E-state index in [0.717, 1.165) is 10.6 Å². The van der Waals surface area contributed by atoms with Gasteiger partial charge in [-0.25, -0.2) is 0 Å². The van der Waals surface area contributed by atoms with E-state index in [1.807, 2.05) is 6.92 Å². The minimum atomic E-state index is -4.64. The molecule has 1 aromatic carbocycles. The Bertz CT molecular complexity index is 1010. The number of fused-ring (bicyclic) bond motifs is 1. The zero-order valence-electron chi connectivity index (χ0n) is 15.8. The average molecular weight is 408 g/mol. The summed E-state index contributed by atoms with van der Waals surface area (Å²) in [5.74, 6) is -0.353. The molecule has 1 aliphatic heterocycles. The second-order valence-corrected chi connectivity index (χ2v) is 6.72. The summed E-state index contributed by atoms with van der Waals surface area (Å²) in [6.07, 6.45) is -3.30. The van der Waals surface area contributed by atoms with Crippen LogP contribution < -0.4 is 15.2 Å². The molecule has 9 heteroatoms. The highest BCUT2D eigenvalue weighted by molar-refractivity contribution is 6.03. The number of benzene rings is 1. The van der Waals surface area contributed by atoms with Gasteiger partial charge in [-0.05, 0) is 37.6 Å². The zero-order chi connectivity index (χ0) is 21.3. The van der Waals surface area contributed by atoms with Crippen molar-refractivity contribution in [2.75, 3.05) is 18.1 Å². The number of ketones is 1. The summed E-state index contributed by atoms with van der Waals surface area (Å²) in [6.45, 7) is 3.60. The van der Waals surface area contributed by atoms with E-state index in [9.17, 15) is 27.6 Å². The van der Waals surface area contributed by atoms with Crippen LogP contribution in [0.15, 0.2) is 41.3 Å². The largest absolute Gasteiger partial charge is 0.482 e. The topological polar surface area (TPSA) is 68.6 Å². The third kappa shape index (κ3) is 4.03. The Hall–Kier alpha value is -3.10. The summed E-state index contributed by atoms with van der Waals surface area (Å²) in [4.78, 5) is 38.6. The number of hydrogen-bond acceptors (Lipinski definition) is 4. The van der Waals surface area contributed by atoms with Gasteiger partial charge in [-0.2, -0.15) is 13.2 Å². The van der Waals surface area contributed by atoms with E-state index in [-0.39, 0.29) is 18.1 Å². The summed E-state index contributed by atoms with van der Waals surface area (Å²) in [5, 5.41) is 0. The van der Waals surface area contributed by atoms with Crippen LogP contribution in [0.5, 0.6) is 5.75 Å². The summed E-state index contributed by atoms with van der Waals surface area (Å²) < 4.78 is 45.1. The van der Waals surface area contributed by atoms with E-state index in [1.165, 1.54) is 24.0 Å². The highest BCUT2D eigenvalue weighted by atomic mass is 19.4. The third-order valence-electron chi connectivity index (χ3n) is 4.70. The van der Waals surface area contributed by atoms with Crippen LogP contribution in [-0.4, -0.2) is 29.4 Å². The van der Waals surface area contributed by atoms with Gasteiger partial charge in [0.2, 0.25) is 0 Å². The second-order valence-electron chi connectivity index (χ2n) is 6.72. The van der Waals surface area contributed by atoms with Crippen LogP contribution in [0.4, 0.5) is 18.9 Å². The average Bonchev–Trinajstić information content (AvgIpc) is 2.68. The minimum Gasteiger partial charge on any atom is -0.482 e. The van der Waals surface area contributed by atoms with Crippen LogP contribution in [0.25, 0.3) is 0 Å². The summed E-state index contributed by atoms with van der Waals surface area (Å²) in [7, 11) is 0.